The van der Waals surface area contributed by atoms with Gasteiger partial charge in [-0.3, -0.25) is 14.6 Å². The van der Waals surface area contributed by atoms with Crippen molar-refractivity contribution >= 4 is 11.8 Å². The van der Waals surface area contributed by atoms with E-state index in [9.17, 15) is 9.59 Å². The number of carbonyl (C=O) groups is 2. The standard InChI is InChI=1S/C19H22N4O3/c20-17(24)8-9-19(25)23-10-4-5-14(13-23)16-11-21-12-18(22-16)26-15-6-2-1-3-7-15/h1-3,6-7,11-12,14H,4-5,8-10,13H2,(H2,20,24)/t14-/m0/s1. The minimum atomic E-state index is -0.455. The van der Waals surface area contributed by atoms with Gasteiger partial charge in [0.2, 0.25) is 17.7 Å². The summed E-state index contributed by atoms with van der Waals surface area (Å²) >= 11 is 0. The van der Waals surface area contributed by atoms with E-state index < -0.39 is 5.91 Å². The highest BCUT2D eigenvalue weighted by molar-refractivity contribution is 5.83. The second-order valence-electron chi connectivity index (χ2n) is 6.34. The number of para-hydroxylation sites is 1. The third-order valence-corrected chi connectivity index (χ3v) is 4.37. The number of likely N-dealkylation sites (tertiary alicyclic amines) is 1. The van der Waals surface area contributed by atoms with Crippen molar-refractivity contribution in [3.05, 3.63) is 48.4 Å². The average molecular weight is 354 g/mol. The number of ether oxygens (including phenoxy) is 1. The molecular weight excluding hydrogens is 332 g/mol. The van der Waals surface area contributed by atoms with Crippen LogP contribution in [0.25, 0.3) is 0 Å². The number of primary amides is 1. The zero-order valence-electron chi connectivity index (χ0n) is 14.5. The van der Waals surface area contributed by atoms with Gasteiger partial charge in [-0.1, -0.05) is 18.2 Å². The Balaban J connectivity index is 1.65. The predicted molar refractivity (Wildman–Crippen MR) is 95.5 cm³/mol. The van der Waals surface area contributed by atoms with Crippen LogP contribution in [0.15, 0.2) is 42.7 Å². The fourth-order valence-corrected chi connectivity index (χ4v) is 3.05. The molecule has 0 radical (unpaired) electrons. The molecule has 0 bridgehead atoms. The first kappa shape index (κ1) is 17.8. The molecule has 0 saturated carbocycles. The Morgan fingerprint density at radius 3 is 2.77 bits per heavy atom. The molecule has 2 heterocycles. The van der Waals surface area contributed by atoms with Crippen molar-refractivity contribution in [2.75, 3.05) is 13.1 Å². The van der Waals surface area contributed by atoms with Gasteiger partial charge in [0.05, 0.1) is 11.9 Å². The molecule has 7 heteroatoms. The fourth-order valence-electron chi connectivity index (χ4n) is 3.05. The lowest BCUT2D eigenvalue weighted by molar-refractivity contribution is -0.134. The summed E-state index contributed by atoms with van der Waals surface area (Å²) in [5.41, 5.74) is 5.94. The van der Waals surface area contributed by atoms with Crippen LogP contribution in [-0.2, 0) is 9.59 Å². The third kappa shape index (κ3) is 4.78. The number of benzene rings is 1. The Hall–Kier alpha value is -2.96. The zero-order valence-corrected chi connectivity index (χ0v) is 14.5. The van der Waals surface area contributed by atoms with Gasteiger partial charge in [-0.05, 0) is 25.0 Å². The second kappa shape index (κ2) is 8.42. The highest BCUT2D eigenvalue weighted by atomic mass is 16.5. The lowest BCUT2D eigenvalue weighted by atomic mass is 9.94. The molecule has 1 atom stereocenters. The average Bonchev–Trinajstić information content (AvgIpc) is 2.67. The van der Waals surface area contributed by atoms with Crippen molar-refractivity contribution < 1.29 is 14.3 Å². The molecule has 2 aromatic rings. The summed E-state index contributed by atoms with van der Waals surface area (Å²) in [5, 5.41) is 0. The van der Waals surface area contributed by atoms with Crippen LogP contribution in [-0.4, -0.2) is 39.8 Å². The maximum atomic E-state index is 12.2. The van der Waals surface area contributed by atoms with Crippen molar-refractivity contribution in [3.8, 4) is 11.6 Å². The highest BCUT2D eigenvalue weighted by Crippen LogP contribution is 2.27. The van der Waals surface area contributed by atoms with Gasteiger partial charge in [0, 0.05) is 38.0 Å². The minimum Gasteiger partial charge on any atom is -0.437 e. The number of aromatic nitrogens is 2. The number of hydrogen-bond donors (Lipinski definition) is 1. The van der Waals surface area contributed by atoms with Crippen LogP contribution in [0.4, 0.5) is 0 Å². The maximum Gasteiger partial charge on any atom is 0.238 e. The normalized spacial score (nSPS) is 16.9. The highest BCUT2D eigenvalue weighted by Gasteiger charge is 2.26. The Kier molecular flexibility index (Phi) is 5.78. The van der Waals surface area contributed by atoms with Gasteiger partial charge in [-0.25, -0.2) is 4.98 Å². The summed E-state index contributed by atoms with van der Waals surface area (Å²) in [6.07, 6.45) is 5.36. The van der Waals surface area contributed by atoms with Gasteiger partial charge in [0.25, 0.3) is 0 Å². The minimum absolute atomic E-state index is 0.0434. The van der Waals surface area contributed by atoms with Crippen LogP contribution in [0.3, 0.4) is 0 Å². The lowest BCUT2D eigenvalue weighted by Crippen LogP contribution is -2.39. The SMILES string of the molecule is NC(=O)CCC(=O)N1CCC[C@H](c2cncc(Oc3ccccc3)n2)C1. The zero-order chi connectivity index (χ0) is 18.4. The summed E-state index contributed by atoms with van der Waals surface area (Å²) in [5.74, 6) is 0.742. The number of piperidine rings is 1. The van der Waals surface area contributed by atoms with E-state index in [2.05, 4.69) is 9.97 Å². The van der Waals surface area contributed by atoms with Crippen LogP contribution < -0.4 is 10.5 Å². The van der Waals surface area contributed by atoms with Crippen LogP contribution in [0, 0.1) is 0 Å². The number of amides is 2. The molecule has 2 amide bonds. The molecule has 2 N–H and O–H groups in total. The molecule has 1 aliphatic rings. The van der Waals surface area contributed by atoms with E-state index in [4.69, 9.17) is 10.5 Å². The third-order valence-electron chi connectivity index (χ3n) is 4.37. The smallest absolute Gasteiger partial charge is 0.238 e. The molecule has 1 aromatic heterocycles. The molecule has 1 fully saturated rings. The summed E-state index contributed by atoms with van der Waals surface area (Å²) < 4.78 is 5.74. The molecule has 0 spiro atoms. The molecular formula is C19H22N4O3. The van der Waals surface area contributed by atoms with E-state index in [0.717, 1.165) is 18.5 Å². The molecule has 0 unspecified atom stereocenters. The van der Waals surface area contributed by atoms with E-state index in [0.29, 0.717) is 24.7 Å². The molecule has 1 aromatic carbocycles. The van der Waals surface area contributed by atoms with Gasteiger partial charge in [-0.15, -0.1) is 0 Å². The molecule has 26 heavy (non-hydrogen) atoms. The van der Waals surface area contributed by atoms with Gasteiger partial charge in [0.1, 0.15) is 5.75 Å². The lowest BCUT2D eigenvalue weighted by Gasteiger charge is -2.32. The van der Waals surface area contributed by atoms with Gasteiger partial charge < -0.3 is 15.4 Å². The summed E-state index contributed by atoms with van der Waals surface area (Å²) in [4.78, 5) is 33.7. The number of carbonyl (C=O) groups excluding carboxylic acids is 2. The van der Waals surface area contributed by atoms with Crippen molar-refractivity contribution in [1.29, 1.82) is 0 Å². The van der Waals surface area contributed by atoms with Crippen LogP contribution in [0.2, 0.25) is 0 Å². The summed E-state index contributed by atoms with van der Waals surface area (Å²) in [6, 6.07) is 9.41. The van der Waals surface area contributed by atoms with Crippen molar-refractivity contribution in [2.45, 2.75) is 31.6 Å². The van der Waals surface area contributed by atoms with Crippen LogP contribution in [0.5, 0.6) is 11.6 Å². The Bertz CT molecular complexity index is 766. The largest absolute Gasteiger partial charge is 0.437 e. The second-order valence-corrected chi connectivity index (χ2v) is 6.34. The number of hydrogen-bond acceptors (Lipinski definition) is 5. The quantitative estimate of drug-likeness (QED) is 0.858. The molecule has 1 aliphatic heterocycles. The topological polar surface area (TPSA) is 98.4 Å². The van der Waals surface area contributed by atoms with E-state index >= 15 is 0 Å². The first-order valence-corrected chi connectivity index (χ1v) is 8.73. The first-order valence-electron chi connectivity index (χ1n) is 8.73. The van der Waals surface area contributed by atoms with Crippen LogP contribution in [0.1, 0.15) is 37.3 Å². The van der Waals surface area contributed by atoms with Crippen molar-refractivity contribution in [2.24, 2.45) is 5.73 Å². The van der Waals surface area contributed by atoms with E-state index in [1.807, 2.05) is 30.3 Å². The van der Waals surface area contributed by atoms with Gasteiger partial charge >= 0.3 is 0 Å². The van der Waals surface area contributed by atoms with E-state index in [1.165, 1.54) is 0 Å². The van der Waals surface area contributed by atoms with Gasteiger partial charge in [0.15, 0.2) is 0 Å². The molecule has 0 aliphatic carbocycles. The number of nitrogens with zero attached hydrogens (tertiary/aromatic N) is 3. The fraction of sp³-hybridized carbons (Fsp3) is 0.368. The Morgan fingerprint density at radius 1 is 1.19 bits per heavy atom. The molecule has 7 nitrogen and oxygen atoms in total. The summed E-state index contributed by atoms with van der Waals surface area (Å²) in [7, 11) is 0. The maximum absolute atomic E-state index is 12.2. The van der Waals surface area contributed by atoms with E-state index in [-0.39, 0.29) is 24.7 Å². The molecule has 136 valence electrons. The van der Waals surface area contributed by atoms with Crippen molar-refractivity contribution in [1.82, 2.24) is 14.9 Å². The Labute approximate surface area is 152 Å². The predicted octanol–water partition coefficient (Wildman–Crippen LogP) is 2.24. The molecule has 1 saturated heterocycles. The first-order chi connectivity index (χ1) is 12.6. The van der Waals surface area contributed by atoms with Crippen molar-refractivity contribution in [3.63, 3.8) is 0 Å². The van der Waals surface area contributed by atoms with E-state index in [1.54, 1.807) is 17.3 Å². The Morgan fingerprint density at radius 2 is 2.00 bits per heavy atom. The molecule has 3 rings (SSSR count). The number of rotatable bonds is 6. The van der Waals surface area contributed by atoms with Gasteiger partial charge in [-0.2, -0.15) is 0 Å². The van der Waals surface area contributed by atoms with Crippen LogP contribution >= 0.6 is 0 Å². The number of nitrogens with two attached hydrogens (primary N) is 1. The summed E-state index contributed by atoms with van der Waals surface area (Å²) in [6.45, 7) is 1.27. The monoisotopic (exact) mass is 354 g/mol.